The van der Waals surface area contributed by atoms with E-state index in [9.17, 15) is 0 Å². The lowest BCUT2D eigenvalue weighted by atomic mass is 9.97. The Hall–Kier alpha value is -7.44. The number of fused-ring (bicyclic) bond motifs is 6. The molecule has 1 aliphatic rings. The number of hydrogen-bond donors (Lipinski definition) is 0. The highest BCUT2D eigenvalue weighted by Gasteiger charge is 2.49. The normalized spacial score (nSPS) is 12.5. The summed E-state index contributed by atoms with van der Waals surface area (Å²) in [5, 5.41) is 9.58. The molecule has 10 aromatic rings. The minimum Gasteiger partial charge on any atom is -0.280 e. The van der Waals surface area contributed by atoms with Crippen molar-refractivity contribution in [2.24, 2.45) is 0 Å². The van der Waals surface area contributed by atoms with Crippen LogP contribution < -0.4 is 9.13 Å². The third-order valence-corrected chi connectivity index (χ3v) is 12.8. The van der Waals surface area contributed by atoms with Gasteiger partial charge in [0.2, 0.25) is 35.4 Å². The van der Waals surface area contributed by atoms with Crippen LogP contribution in [-0.4, -0.2) is 20.7 Å². The van der Waals surface area contributed by atoms with Crippen LogP contribution in [0.3, 0.4) is 0 Å². The Morgan fingerprint density at radius 1 is 0.339 bits per heavy atom. The number of aromatic nitrogens is 4. The van der Waals surface area contributed by atoms with Crippen molar-refractivity contribution in [1.82, 2.24) is 9.13 Å². The van der Waals surface area contributed by atoms with Crippen molar-refractivity contribution in [2.75, 3.05) is 0 Å². The molecular weight excluding hydrogens is 761 g/mol. The summed E-state index contributed by atoms with van der Waals surface area (Å²) in [6, 6.07) is 59.9. The Kier molecular flexibility index (Phi) is 9.61. The molecule has 300 valence electrons. The molecule has 11 rings (SSSR count). The predicted molar refractivity (Wildman–Crippen MR) is 247 cm³/mol. The predicted octanol–water partition coefficient (Wildman–Crippen LogP) is 10.2. The summed E-state index contributed by atoms with van der Waals surface area (Å²) >= 11 is 0. The molecule has 2 heterocycles. The Morgan fingerprint density at radius 3 is 0.984 bits per heavy atom. The molecule has 0 spiro atoms. The van der Waals surface area contributed by atoms with Crippen molar-refractivity contribution in [3.63, 3.8) is 0 Å². The molecule has 6 heteroatoms. The van der Waals surface area contributed by atoms with Crippen LogP contribution in [0, 0.1) is 0 Å². The lowest BCUT2D eigenvalue weighted by molar-refractivity contribution is -0.704. The summed E-state index contributed by atoms with van der Waals surface area (Å²) in [4.78, 5) is 30.6. The molecule has 0 fully saturated rings. The second-order valence-corrected chi connectivity index (χ2v) is 16.8. The second-order valence-electron chi connectivity index (χ2n) is 16.8. The Bertz CT molecular complexity index is 2930. The molecule has 0 saturated carbocycles. The van der Waals surface area contributed by atoms with E-state index in [1.165, 1.54) is 65.3 Å². The van der Waals surface area contributed by atoms with Crippen molar-refractivity contribution >= 4 is 54.7 Å². The van der Waals surface area contributed by atoms with Crippen molar-refractivity contribution < 1.29 is 18.7 Å². The topological polar surface area (TPSA) is 51.8 Å². The van der Waals surface area contributed by atoms with Gasteiger partial charge in [0.05, 0.1) is 26.2 Å². The Labute approximate surface area is 360 Å². The zero-order valence-corrected chi connectivity index (χ0v) is 34.6. The highest BCUT2D eigenvalue weighted by atomic mass is 16.1. The number of aryl methyl sites for hydroxylation is 8. The van der Waals surface area contributed by atoms with Crippen LogP contribution in [0.5, 0.6) is 0 Å². The van der Waals surface area contributed by atoms with Gasteiger partial charge in [-0.3, -0.25) is 9.59 Å². The van der Waals surface area contributed by atoms with Crippen LogP contribution in [0.25, 0.3) is 43.1 Å². The van der Waals surface area contributed by atoms with E-state index >= 15 is 9.59 Å². The second kappa shape index (κ2) is 15.9. The van der Waals surface area contributed by atoms with Gasteiger partial charge in [-0.25, -0.2) is 18.3 Å². The van der Waals surface area contributed by atoms with Crippen molar-refractivity contribution in [1.29, 1.82) is 0 Å². The fourth-order valence-electron chi connectivity index (χ4n) is 9.54. The summed E-state index contributed by atoms with van der Waals surface area (Å²) in [7, 11) is 0. The summed E-state index contributed by atoms with van der Waals surface area (Å²) in [5.41, 5.74) is 6.68. The first-order valence-corrected chi connectivity index (χ1v) is 21.8. The average Bonchev–Trinajstić information content (AvgIpc) is 3.89. The minimum atomic E-state index is -0.0967. The first-order chi connectivity index (χ1) is 30.5. The Morgan fingerprint density at radius 2 is 0.645 bits per heavy atom. The van der Waals surface area contributed by atoms with Gasteiger partial charge in [-0.05, 0) is 65.3 Å². The van der Waals surface area contributed by atoms with Crippen LogP contribution in [0.2, 0.25) is 0 Å². The SMILES string of the molecule is O=C1c2c([n+](CCc3ccc4ccccc4c3)cn2CCc2ccc3ccccc3c2)C(=O)c2c1n(CCc1ccc3ccccc3c1)c[n+]2CCc1ccc2ccccc2c1. The molecule has 0 saturated heterocycles. The van der Waals surface area contributed by atoms with Crippen LogP contribution >= 0.6 is 0 Å². The number of imidazole rings is 2. The minimum absolute atomic E-state index is 0.0967. The summed E-state index contributed by atoms with van der Waals surface area (Å²) in [6.45, 7) is 2.27. The molecule has 0 unspecified atom stereocenters. The number of ketones is 2. The lowest BCUT2D eigenvalue weighted by Gasteiger charge is -2.11. The van der Waals surface area contributed by atoms with Gasteiger partial charge < -0.3 is 0 Å². The molecule has 0 aliphatic heterocycles. The number of benzene rings is 8. The molecule has 0 amide bonds. The van der Waals surface area contributed by atoms with Gasteiger partial charge >= 0.3 is 0 Å². The third-order valence-electron chi connectivity index (χ3n) is 12.8. The zero-order valence-electron chi connectivity index (χ0n) is 34.6. The maximum Gasteiger partial charge on any atom is 0.280 e. The summed E-state index contributed by atoms with van der Waals surface area (Å²) in [6.07, 6.45) is 6.93. The van der Waals surface area contributed by atoms with Gasteiger partial charge in [0.1, 0.15) is 0 Å². The van der Waals surface area contributed by atoms with Gasteiger partial charge in [0, 0.05) is 25.7 Å². The number of nitrogens with zero attached hydrogens (tertiary/aromatic N) is 4. The van der Waals surface area contributed by atoms with Crippen molar-refractivity contribution in [3.8, 4) is 0 Å². The van der Waals surface area contributed by atoms with Gasteiger partial charge in [0.15, 0.2) is 0 Å². The van der Waals surface area contributed by atoms with Crippen LogP contribution in [0.15, 0.2) is 183 Å². The molecule has 0 radical (unpaired) electrons. The fraction of sp³-hybridized carbons (Fsp3) is 0.143. The van der Waals surface area contributed by atoms with Gasteiger partial charge in [-0.2, -0.15) is 0 Å². The Balaban J connectivity index is 0.974. The van der Waals surface area contributed by atoms with E-state index in [2.05, 4.69) is 170 Å². The molecule has 8 aromatic carbocycles. The monoisotopic (exact) mass is 806 g/mol. The smallest absolute Gasteiger partial charge is 0.280 e. The third kappa shape index (κ3) is 7.07. The molecule has 0 atom stereocenters. The van der Waals surface area contributed by atoms with Crippen molar-refractivity contribution in [3.05, 3.63) is 228 Å². The van der Waals surface area contributed by atoms with E-state index in [1.807, 2.05) is 30.9 Å². The van der Waals surface area contributed by atoms with E-state index in [0.29, 0.717) is 49.0 Å². The van der Waals surface area contributed by atoms with Gasteiger partial charge in [-0.1, -0.05) is 170 Å². The molecule has 0 N–H and O–H groups in total. The number of hydrogen-bond acceptors (Lipinski definition) is 2. The molecule has 62 heavy (non-hydrogen) atoms. The van der Waals surface area contributed by atoms with Crippen LogP contribution in [0.1, 0.15) is 54.6 Å². The van der Waals surface area contributed by atoms with Crippen LogP contribution in [0.4, 0.5) is 0 Å². The van der Waals surface area contributed by atoms with E-state index < -0.39 is 0 Å². The van der Waals surface area contributed by atoms with Gasteiger partial charge in [0.25, 0.3) is 11.6 Å². The van der Waals surface area contributed by atoms with E-state index in [-0.39, 0.29) is 11.6 Å². The first-order valence-electron chi connectivity index (χ1n) is 21.8. The molecule has 1 aliphatic carbocycles. The molecule has 0 bridgehead atoms. The quantitative estimate of drug-likeness (QED) is 0.116. The highest BCUT2D eigenvalue weighted by Crippen LogP contribution is 2.28. The average molecular weight is 807 g/mol. The summed E-state index contributed by atoms with van der Waals surface area (Å²) < 4.78 is 8.20. The summed E-state index contributed by atoms with van der Waals surface area (Å²) in [5.74, 6) is -0.193. The number of carbonyl (C=O) groups excluding carboxylic acids is 2. The van der Waals surface area contributed by atoms with Crippen molar-refractivity contribution in [2.45, 2.75) is 51.9 Å². The molecule has 2 aromatic heterocycles. The zero-order chi connectivity index (χ0) is 41.6. The van der Waals surface area contributed by atoms with E-state index in [4.69, 9.17) is 0 Å². The number of rotatable bonds is 12. The first kappa shape index (κ1) is 37.6. The van der Waals surface area contributed by atoms with Crippen LogP contribution in [-0.2, 0) is 51.9 Å². The van der Waals surface area contributed by atoms with E-state index in [0.717, 1.165) is 25.7 Å². The van der Waals surface area contributed by atoms with Gasteiger partial charge in [-0.15, -0.1) is 0 Å². The fourth-order valence-corrected chi connectivity index (χ4v) is 9.54. The lowest BCUT2D eigenvalue weighted by Crippen LogP contribution is -2.47. The maximum absolute atomic E-state index is 15.3. The molecular formula is C56H46N4O2+2. The number of carbonyl (C=O) groups is 2. The maximum atomic E-state index is 15.3. The van der Waals surface area contributed by atoms with E-state index in [1.54, 1.807) is 0 Å². The highest BCUT2D eigenvalue weighted by molar-refractivity contribution is 6.24. The molecule has 6 nitrogen and oxygen atoms in total. The largest absolute Gasteiger partial charge is 0.280 e. The standard InChI is InChI=1S/C56H46N4O2/c61-55-51-52(58(30-26-40-18-22-44-10-2-6-14-48(44)34-40)37-57(51)29-25-39-17-21-43-9-1-5-13-47(43)33-39)56(62)54-53(55)59(31-27-41-19-23-45-11-3-7-15-49(45)35-41)38-60(54)32-28-42-20-24-46-12-4-8-16-50(46)36-42/h1-24,33-38H,25-32H2/q+2.